The number of pyridine rings is 1. The molecule has 0 saturated heterocycles. The molecule has 5 nitrogen and oxygen atoms in total. The number of hydrogen-bond acceptors (Lipinski definition) is 3. The number of carbonyl (C=O) groups is 2. The molecule has 1 aromatic heterocycles. The van der Waals surface area contributed by atoms with Crippen LogP contribution in [-0.2, 0) is 4.79 Å². The molecule has 5 heteroatoms. The highest BCUT2D eigenvalue weighted by Gasteiger charge is 2.26. The lowest BCUT2D eigenvalue weighted by atomic mass is 10.0. The maximum absolute atomic E-state index is 12.6. The minimum Gasteiger partial charge on any atom is -0.346 e. The van der Waals surface area contributed by atoms with Crippen molar-refractivity contribution in [1.82, 2.24) is 15.6 Å². The lowest BCUT2D eigenvalue weighted by Gasteiger charge is -2.24. The van der Waals surface area contributed by atoms with Crippen molar-refractivity contribution in [2.75, 3.05) is 0 Å². The van der Waals surface area contributed by atoms with Crippen LogP contribution in [0.4, 0.5) is 0 Å². The van der Waals surface area contributed by atoms with E-state index < -0.39 is 6.04 Å². The highest BCUT2D eigenvalue weighted by atomic mass is 16.2. The van der Waals surface area contributed by atoms with E-state index in [2.05, 4.69) is 15.6 Å². The third-order valence-electron chi connectivity index (χ3n) is 3.76. The first kappa shape index (κ1) is 17.7. The minimum absolute atomic E-state index is 0.0337. The Morgan fingerprint density at radius 3 is 2.17 bits per heavy atom. The standard InChI is InChI=1S/C19H23N3O2/c1-13(2)17(22-18(23)15-9-5-4-6-10-15)19(24)21-14(3)16-11-7-8-12-20-16/h4-14,17H,1-3H3,(H,21,24)(H,22,23). The molecular weight excluding hydrogens is 302 g/mol. The van der Waals surface area contributed by atoms with E-state index in [-0.39, 0.29) is 23.8 Å². The van der Waals surface area contributed by atoms with E-state index in [4.69, 9.17) is 0 Å². The van der Waals surface area contributed by atoms with Crippen LogP contribution in [0.1, 0.15) is 42.9 Å². The first-order chi connectivity index (χ1) is 11.5. The van der Waals surface area contributed by atoms with Crippen LogP contribution in [0.15, 0.2) is 54.7 Å². The van der Waals surface area contributed by atoms with E-state index in [0.29, 0.717) is 5.56 Å². The van der Waals surface area contributed by atoms with Crippen LogP contribution >= 0.6 is 0 Å². The minimum atomic E-state index is -0.608. The third-order valence-corrected chi connectivity index (χ3v) is 3.76. The van der Waals surface area contributed by atoms with Crippen LogP contribution in [0.5, 0.6) is 0 Å². The molecule has 126 valence electrons. The summed E-state index contributed by atoms with van der Waals surface area (Å²) in [6, 6.07) is 13.6. The molecule has 2 atom stereocenters. The normalized spacial score (nSPS) is 13.2. The van der Waals surface area contributed by atoms with Gasteiger partial charge in [-0.3, -0.25) is 14.6 Å². The van der Waals surface area contributed by atoms with Crippen LogP contribution in [0.2, 0.25) is 0 Å². The first-order valence-electron chi connectivity index (χ1n) is 8.06. The zero-order chi connectivity index (χ0) is 17.5. The summed E-state index contributed by atoms with van der Waals surface area (Å²) in [5, 5.41) is 5.74. The maximum atomic E-state index is 12.6. The van der Waals surface area contributed by atoms with E-state index in [9.17, 15) is 9.59 Å². The van der Waals surface area contributed by atoms with Gasteiger partial charge in [-0.15, -0.1) is 0 Å². The largest absolute Gasteiger partial charge is 0.346 e. The van der Waals surface area contributed by atoms with Gasteiger partial charge in [0.05, 0.1) is 11.7 Å². The molecule has 0 aliphatic heterocycles. The summed E-state index contributed by atoms with van der Waals surface area (Å²) in [5.74, 6) is -0.504. The second-order valence-electron chi connectivity index (χ2n) is 6.05. The summed E-state index contributed by atoms with van der Waals surface area (Å²) in [7, 11) is 0. The van der Waals surface area contributed by atoms with Crippen LogP contribution < -0.4 is 10.6 Å². The van der Waals surface area contributed by atoms with Crippen molar-refractivity contribution < 1.29 is 9.59 Å². The number of hydrogen-bond donors (Lipinski definition) is 2. The highest BCUT2D eigenvalue weighted by Crippen LogP contribution is 2.11. The summed E-state index contributed by atoms with van der Waals surface area (Å²) in [4.78, 5) is 29.1. The van der Waals surface area contributed by atoms with E-state index in [1.165, 1.54) is 0 Å². The second-order valence-corrected chi connectivity index (χ2v) is 6.05. The molecule has 2 aromatic rings. The highest BCUT2D eigenvalue weighted by molar-refractivity contribution is 5.97. The number of rotatable bonds is 6. The van der Waals surface area contributed by atoms with Gasteiger partial charge in [-0.2, -0.15) is 0 Å². The smallest absolute Gasteiger partial charge is 0.251 e. The first-order valence-corrected chi connectivity index (χ1v) is 8.06. The molecule has 2 rings (SSSR count). The number of benzene rings is 1. The number of nitrogens with one attached hydrogen (secondary N) is 2. The lowest BCUT2D eigenvalue weighted by molar-refractivity contribution is -0.124. The Bertz CT molecular complexity index is 672. The Labute approximate surface area is 142 Å². The predicted octanol–water partition coefficient (Wildman–Crippen LogP) is 2.71. The van der Waals surface area contributed by atoms with Gasteiger partial charge in [-0.05, 0) is 37.1 Å². The van der Waals surface area contributed by atoms with Crippen molar-refractivity contribution in [1.29, 1.82) is 0 Å². The Morgan fingerprint density at radius 1 is 0.917 bits per heavy atom. The molecule has 1 heterocycles. The van der Waals surface area contributed by atoms with Gasteiger partial charge in [0, 0.05) is 11.8 Å². The molecule has 24 heavy (non-hydrogen) atoms. The molecule has 0 aliphatic carbocycles. The average Bonchev–Trinajstić information content (AvgIpc) is 2.60. The topological polar surface area (TPSA) is 71.1 Å². The summed E-state index contributed by atoms with van der Waals surface area (Å²) in [6.07, 6.45) is 1.69. The summed E-state index contributed by atoms with van der Waals surface area (Å²) >= 11 is 0. The van der Waals surface area contributed by atoms with Crippen LogP contribution in [0.25, 0.3) is 0 Å². The van der Waals surface area contributed by atoms with Crippen LogP contribution in [0.3, 0.4) is 0 Å². The number of carbonyl (C=O) groups excluding carboxylic acids is 2. The van der Waals surface area contributed by atoms with Crippen molar-refractivity contribution >= 4 is 11.8 Å². The second kappa shape index (κ2) is 8.24. The number of amides is 2. The molecular formula is C19H23N3O2. The molecule has 0 spiro atoms. The van der Waals surface area contributed by atoms with Crippen molar-refractivity contribution in [3.63, 3.8) is 0 Å². The van der Waals surface area contributed by atoms with Gasteiger partial charge in [-0.25, -0.2) is 0 Å². The van der Waals surface area contributed by atoms with Gasteiger partial charge in [0.25, 0.3) is 5.91 Å². The van der Waals surface area contributed by atoms with Crippen LogP contribution in [-0.4, -0.2) is 22.8 Å². The van der Waals surface area contributed by atoms with Gasteiger partial charge in [0.2, 0.25) is 5.91 Å². The fourth-order valence-corrected chi connectivity index (χ4v) is 2.36. The van der Waals surface area contributed by atoms with Gasteiger partial charge in [0.15, 0.2) is 0 Å². The quantitative estimate of drug-likeness (QED) is 0.858. The molecule has 1 aromatic carbocycles. The zero-order valence-electron chi connectivity index (χ0n) is 14.2. The van der Waals surface area contributed by atoms with E-state index in [0.717, 1.165) is 5.69 Å². The monoisotopic (exact) mass is 325 g/mol. The Hall–Kier alpha value is -2.69. The zero-order valence-corrected chi connectivity index (χ0v) is 14.2. The Balaban J connectivity index is 2.04. The van der Waals surface area contributed by atoms with Crippen molar-refractivity contribution in [3.8, 4) is 0 Å². The van der Waals surface area contributed by atoms with Gasteiger partial charge in [0.1, 0.15) is 6.04 Å². The van der Waals surface area contributed by atoms with Gasteiger partial charge in [-0.1, -0.05) is 38.1 Å². The molecule has 0 fully saturated rings. The summed E-state index contributed by atoms with van der Waals surface area (Å²) < 4.78 is 0. The fraction of sp³-hybridized carbons (Fsp3) is 0.316. The number of aromatic nitrogens is 1. The lowest BCUT2D eigenvalue weighted by Crippen LogP contribution is -2.50. The average molecular weight is 325 g/mol. The fourth-order valence-electron chi connectivity index (χ4n) is 2.36. The SMILES string of the molecule is CC(NC(=O)C(NC(=O)c1ccccc1)C(C)C)c1ccccn1. The maximum Gasteiger partial charge on any atom is 0.251 e. The molecule has 0 aliphatic rings. The predicted molar refractivity (Wildman–Crippen MR) is 93.3 cm³/mol. The van der Waals surface area contributed by atoms with Gasteiger partial charge >= 0.3 is 0 Å². The summed E-state index contributed by atoms with van der Waals surface area (Å²) in [5.41, 5.74) is 1.32. The molecule has 0 radical (unpaired) electrons. The Kier molecular flexibility index (Phi) is 6.07. The third kappa shape index (κ3) is 4.65. The van der Waals surface area contributed by atoms with E-state index in [1.54, 1.807) is 30.5 Å². The van der Waals surface area contributed by atoms with Crippen LogP contribution in [0, 0.1) is 5.92 Å². The van der Waals surface area contributed by atoms with Gasteiger partial charge < -0.3 is 10.6 Å². The van der Waals surface area contributed by atoms with Crippen molar-refractivity contribution in [2.24, 2.45) is 5.92 Å². The van der Waals surface area contributed by atoms with E-state index >= 15 is 0 Å². The van der Waals surface area contributed by atoms with Crippen molar-refractivity contribution in [2.45, 2.75) is 32.9 Å². The molecule has 2 amide bonds. The number of nitrogens with zero attached hydrogens (tertiary/aromatic N) is 1. The molecule has 2 unspecified atom stereocenters. The molecule has 2 N–H and O–H groups in total. The molecule has 0 bridgehead atoms. The Morgan fingerprint density at radius 2 is 1.58 bits per heavy atom. The van der Waals surface area contributed by atoms with Crippen molar-refractivity contribution in [3.05, 3.63) is 66.0 Å². The summed E-state index contributed by atoms with van der Waals surface area (Å²) in [6.45, 7) is 5.68. The van der Waals surface area contributed by atoms with E-state index in [1.807, 2.05) is 45.0 Å². The molecule has 0 saturated carbocycles.